The van der Waals surface area contributed by atoms with Crippen LogP contribution in [0.1, 0.15) is 18.5 Å². The van der Waals surface area contributed by atoms with Gasteiger partial charge >= 0.3 is 5.97 Å². The maximum atomic E-state index is 11.6. The Kier molecular flexibility index (Phi) is 6.21. The summed E-state index contributed by atoms with van der Waals surface area (Å²) in [6.07, 6.45) is 0. The Morgan fingerprint density at radius 3 is 2.78 bits per heavy atom. The van der Waals surface area contributed by atoms with Gasteiger partial charge in [0.15, 0.2) is 0 Å². The highest BCUT2D eigenvalue weighted by Gasteiger charge is 2.10. The fraction of sp³-hybridized carbons (Fsp3) is 0.333. The number of benzene rings is 1. The van der Waals surface area contributed by atoms with Crippen LogP contribution in [0.3, 0.4) is 0 Å². The molecule has 0 bridgehead atoms. The monoisotopic (exact) mass is 331 g/mol. The number of nitrogens with one attached hydrogen (secondary N) is 1. The second-order valence-corrected chi connectivity index (χ2v) is 5.63. The second-order valence-electron chi connectivity index (χ2n) is 3.73. The predicted octanol–water partition coefficient (Wildman–Crippen LogP) is 2.44. The van der Waals surface area contributed by atoms with Crippen molar-refractivity contribution in [2.24, 2.45) is 0 Å². The van der Waals surface area contributed by atoms with Crippen molar-refractivity contribution in [2.45, 2.75) is 13.0 Å². The van der Waals surface area contributed by atoms with E-state index in [0.29, 0.717) is 0 Å². The van der Waals surface area contributed by atoms with Crippen LogP contribution in [-0.4, -0.2) is 28.5 Å². The number of rotatable bonds is 6. The fourth-order valence-corrected chi connectivity index (χ4v) is 2.34. The van der Waals surface area contributed by atoms with Crippen molar-refractivity contribution in [1.82, 2.24) is 5.32 Å². The summed E-state index contributed by atoms with van der Waals surface area (Å²) in [5, 5.41) is 11.3. The van der Waals surface area contributed by atoms with E-state index >= 15 is 0 Å². The minimum absolute atomic E-state index is 0.0569. The molecule has 0 saturated carbocycles. The first-order valence-electron chi connectivity index (χ1n) is 5.33. The van der Waals surface area contributed by atoms with E-state index in [1.165, 1.54) is 0 Å². The molecular weight excluding hydrogens is 318 g/mol. The lowest BCUT2D eigenvalue weighted by atomic mass is 10.1. The largest absolute Gasteiger partial charge is 0.481 e. The van der Waals surface area contributed by atoms with Crippen molar-refractivity contribution >= 4 is 39.6 Å². The Balaban J connectivity index is 2.42. The van der Waals surface area contributed by atoms with Gasteiger partial charge in [0.05, 0.1) is 17.5 Å². The number of halogens is 1. The molecule has 1 aromatic carbocycles. The number of carboxylic acid groups (broad SMARTS) is 1. The number of thioether (sulfide) groups is 1. The minimum atomic E-state index is -0.909. The van der Waals surface area contributed by atoms with Crippen molar-refractivity contribution in [3.05, 3.63) is 34.3 Å². The predicted molar refractivity (Wildman–Crippen MR) is 75.7 cm³/mol. The van der Waals surface area contributed by atoms with E-state index in [-0.39, 0.29) is 23.5 Å². The van der Waals surface area contributed by atoms with Crippen LogP contribution in [0.15, 0.2) is 28.7 Å². The summed E-state index contributed by atoms with van der Waals surface area (Å²) in [7, 11) is 0. The minimum Gasteiger partial charge on any atom is -0.481 e. The molecule has 0 aromatic heterocycles. The molecule has 0 fully saturated rings. The van der Waals surface area contributed by atoms with E-state index in [9.17, 15) is 9.59 Å². The van der Waals surface area contributed by atoms with E-state index in [2.05, 4.69) is 21.2 Å². The molecule has 0 radical (unpaired) electrons. The van der Waals surface area contributed by atoms with Gasteiger partial charge in [-0.25, -0.2) is 0 Å². The third-order valence-electron chi connectivity index (χ3n) is 2.18. The molecule has 0 aliphatic rings. The molecule has 0 unspecified atom stereocenters. The fourth-order valence-electron chi connectivity index (χ4n) is 1.37. The zero-order chi connectivity index (χ0) is 13.5. The van der Waals surface area contributed by atoms with Gasteiger partial charge in [-0.15, -0.1) is 11.8 Å². The molecule has 0 spiro atoms. The summed E-state index contributed by atoms with van der Waals surface area (Å²) < 4.78 is 0.960. The van der Waals surface area contributed by atoms with E-state index in [4.69, 9.17) is 5.11 Å². The average molecular weight is 332 g/mol. The summed E-state index contributed by atoms with van der Waals surface area (Å²) in [6, 6.07) is 7.60. The topological polar surface area (TPSA) is 66.4 Å². The van der Waals surface area contributed by atoms with Crippen LogP contribution in [-0.2, 0) is 9.59 Å². The molecule has 6 heteroatoms. The zero-order valence-corrected chi connectivity index (χ0v) is 12.3. The van der Waals surface area contributed by atoms with E-state index < -0.39 is 5.97 Å². The lowest BCUT2D eigenvalue weighted by Gasteiger charge is -2.14. The zero-order valence-electron chi connectivity index (χ0n) is 9.85. The first-order chi connectivity index (χ1) is 8.49. The smallest absolute Gasteiger partial charge is 0.313 e. The van der Waals surface area contributed by atoms with Crippen molar-refractivity contribution in [3.63, 3.8) is 0 Å². The van der Waals surface area contributed by atoms with E-state index in [1.54, 1.807) is 0 Å². The summed E-state index contributed by atoms with van der Waals surface area (Å²) >= 11 is 4.46. The van der Waals surface area contributed by atoms with Crippen LogP contribution in [0.4, 0.5) is 0 Å². The second kappa shape index (κ2) is 7.43. The number of carbonyl (C=O) groups excluding carboxylic acids is 1. The molecule has 1 aromatic rings. The van der Waals surface area contributed by atoms with Crippen molar-refractivity contribution < 1.29 is 14.7 Å². The van der Waals surface area contributed by atoms with E-state index in [0.717, 1.165) is 21.8 Å². The van der Waals surface area contributed by atoms with Gasteiger partial charge in [-0.1, -0.05) is 28.1 Å². The van der Waals surface area contributed by atoms with Gasteiger partial charge in [-0.3, -0.25) is 9.59 Å². The van der Waals surface area contributed by atoms with Gasteiger partial charge in [-0.2, -0.15) is 0 Å². The van der Waals surface area contributed by atoms with Gasteiger partial charge in [-0.05, 0) is 24.6 Å². The Bertz CT molecular complexity index is 439. The Hall–Kier alpha value is -1.01. The lowest BCUT2D eigenvalue weighted by molar-refractivity contribution is -0.133. The number of carboxylic acids is 1. The molecule has 18 heavy (non-hydrogen) atoms. The van der Waals surface area contributed by atoms with Crippen LogP contribution in [0.5, 0.6) is 0 Å². The Morgan fingerprint density at radius 1 is 1.44 bits per heavy atom. The molecule has 0 aliphatic carbocycles. The van der Waals surface area contributed by atoms with Crippen molar-refractivity contribution in [1.29, 1.82) is 0 Å². The molecule has 1 amide bonds. The lowest BCUT2D eigenvalue weighted by Crippen LogP contribution is -2.28. The highest BCUT2D eigenvalue weighted by Crippen LogP contribution is 2.17. The first kappa shape index (κ1) is 15.0. The summed E-state index contributed by atoms with van der Waals surface area (Å²) in [5.74, 6) is -0.967. The van der Waals surface area contributed by atoms with Crippen molar-refractivity contribution in [2.75, 3.05) is 11.5 Å². The van der Waals surface area contributed by atoms with Crippen LogP contribution in [0.2, 0.25) is 0 Å². The highest BCUT2D eigenvalue weighted by atomic mass is 79.9. The molecule has 1 rings (SSSR count). The maximum absolute atomic E-state index is 11.6. The normalized spacial score (nSPS) is 11.9. The number of hydrogen-bond acceptors (Lipinski definition) is 3. The number of aliphatic carboxylic acids is 1. The van der Waals surface area contributed by atoms with Crippen LogP contribution in [0.25, 0.3) is 0 Å². The van der Waals surface area contributed by atoms with Gasteiger partial charge in [0.2, 0.25) is 5.91 Å². The van der Waals surface area contributed by atoms with Crippen LogP contribution >= 0.6 is 27.7 Å². The first-order valence-corrected chi connectivity index (χ1v) is 7.28. The average Bonchev–Trinajstić information content (AvgIpc) is 2.28. The number of amides is 1. The molecule has 98 valence electrons. The Labute approximate surface area is 118 Å². The highest BCUT2D eigenvalue weighted by molar-refractivity contribution is 9.10. The number of carbonyl (C=O) groups is 2. The summed E-state index contributed by atoms with van der Waals surface area (Å²) in [6.45, 7) is 1.89. The molecule has 2 N–H and O–H groups in total. The van der Waals surface area contributed by atoms with E-state index in [1.807, 2.05) is 31.2 Å². The van der Waals surface area contributed by atoms with Gasteiger partial charge in [0, 0.05) is 4.47 Å². The molecule has 0 saturated heterocycles. The molecule has 4 nitrogen and oxygen atoms in total. The van der Waals surface area contributed by atoms with Gasteiger partial charge in [0.25, 0.3) is 0 Å². The third-order valence-corrected chi connectivity index (χ3v) is 3.60. The van der Waals surface area contributed by atoms with Gasteiger partial charge in [0.1, 0.15) is 0 Å². The quantitative estimate of drug-likeness (QED) is 0.840. The molecule has 0 heterocycles. The summed E-state index contributed by atoms with van der Waals surface area (Å²) in [4.78, 5) is 21.9. The standard InChI is InChI=1S/C12H14BrNO3S/c1-8(9-3-2-4-10(13)5-9)14-11(15)6-18-7-12(16)17/h2-5,8H,6-7H2,1H3,(H,14,15)(H,16,17)/t8-/m0/s1. The maximum Gasteiger partial charge on any atom is 0.313 e. The van der Waals surface area contributed by atoms with Gasteiger partial charge < -0.3 is 10.4 Å². The third kappa shape index (κ3) is 5.55. The van der Waals surface area contributed by atoms with Crippen LogP contribution < -0.4 is 5.32 Å². The number of hydrogen-bond donors (Lipinski definition) is 2. The van der Waals surface area contributed by atoms with Crippen molar-refractivity contribution in [3.8, 4) is 0 Å². The summed E-state index contributed by atoms with van der Waals surface area (Å²) in [5.41, 5.74) is 1.00. The molecule has 0 aliphatic heterocycles. The SMILES string of the molecule is C[C@H](NC(=O)CSCC(=O)O)c1cccc(Br)c1. The molecular formula is C12H14BrNO3S. The molecule has 1 atom stereocenters. The Morgan fingerprint density at radius 2 is 2.17 bits per heavy atom. The van der Waals surface area contributed by atoms with Crippen LogP contribution in [0, 0.1) is 0 Å².